The van der Waals surface area contributed by atoms with E-state index in [2.05, 4.69) is 20.9 Å². The standard InChI is InChI=1S/C18H20N6O3/c1-3-11-24-15(25)10-9-14(22-24)16(26)20-21-18-19-13-8-6-5-7-12(13)17(27)23(18)4-2/h5-10H,3-4,11H2,1-2H3,(H,19,21)(H,20,26). The number of aryl methyl sites for hydroxylation is 1. The minimum atomic E-state index is -0.537. The molecule has 3 rings (SSSR count). The second kappa shape index (κ2) is 7.81. The average molecular weight is 368 g/mol. The number of para-hydroxylation sites is 1. The van der Waals surface area contributed by atoms with Crippen molar-refractivity contribution in [3.63, 3.8) is 0 Å². The van der Waals surface area contributed by atoms with E-state index in [0.29, 0.717) is 24.0 Å². The highest BCUT2D eigenvalue weighted by Gasteiger charge is 2.13. The third kappa shape index (κ3) is 3.71. The highest BCUT2D eigenvalue weighted by atomic mass is 16.2. The highest BCUT2D eigenvalue weighted by Crippen LogP contribution is 2.10. The highest BCUT2D eigenvalue weighted by molar-refractivity contribution is 5.92. The van der Waals surface area contributed by atoms with E-state index in [9.17, 15) is 14.4 Å². The maximum atomic E-state index is 12.6. The van der Waals surface area contributed by atoms with Gasteiger partial charge in [-0.2, -0.15) is 5.10 Å². The first-order valence-corrected chi connectivity index (χ1v) is 8.69. The summed E-state index contributed by atoms with van der Waals surface area (Å²) < 4.78 is 2.67. The van der Waals surface area contributed by atoms with Crippen LogP contribution in [0.3, 0.4) is 0 Å². The van der Waals surface area contributed by atoms with Gasteiger partial charge in [-0.05, 0) is 31.5 Å². The Morgan fingerprint density at radius 1 is 1.11 bits per heavy atom. The molecule has 1 aromatic carbocycles. The van der Waals surface area contributed by atoms with Crippen LogP contribution in [-0.2, 0) is 13.1 Å². The van der Waals surface area contributed by atoms with Crippen LogP contribution < -0.4 is 22.0 Å². The zero-order valence-electron chi connectivity index (χ0n) is 15.1. The normalized spacial score (nSPS) is 10.7. The van der Waals surface area contributed by atoms with Gasteiger partial charge in [0.1, 0.15) is 0 Å². The van der Waals surface area contributed by atoms with Gasteiger partial charge in [0.05, 0.1) is 10.9 Å². The van der Waals surface area contributed by atoms with Gasteiger partial charge in [-0.25, -0.2) is 9.67 Å². The number of hydrogen-bond donors (Lipinski definition) is 2. The molecule has 0 unspecified atom stereocenters. The van der Waals surface area contributed by atoms with Gasteiger partial charge in [-0.15, -0.1) is 0 Å². The molecule has 3 aromatic rings. The quantitative estimate of drug-likeness (QED) is 0.631. The van der Waals surface area contributed by atoms with Crippen molar-refractivity contribution in [3.8, 4) is 0 Å². The maximum Gasteiger partial charge on any atom is 0.290 e. The molecule has 0 spiro atoms. The van der Waals surface area contributed by atoms with Gasteiger partial charge in [-0.1, -0.05) is 19.1 Å². The number of hydrogen-bond acceptors (Lipinski definition) is 6. The van der Waals surface area contributed by atoms with E-state index in [1.165, 1.54) is 21.4 Å². The zero-order chi connectivity index (χ0) is 19.4. The Morgan fingerprint density at radius 3 is 2.63 bits per heavy atom. The van der Waals surface area contributed by atoms with E-state index < -0.39 is 5.91 Å². The van der Waals surface area contributed by atoms with Gasteiger partial charge in [-0.3, -0.25) is 29.8 Å². The van der Waals surface area contributed by atoms with Gasteiger partial charge >= 0.3 is 0 Å². The summed E-state index contributed by atoms with van der Waals surface area (Å²) in [7, 11) is 0. The van der Waals surface area contributed by atoms with Crippen LogP contribution in [0.4, 0.5) is 5.95 Å². The van der Waals surface area contributed by atoms with E-state index in [4.69, 9.17) is 0 Å². The second-order valence-corrected chi connectivity index (χ2v) is 5.86. The summed E-state index contributed by atoms with van der Waals surface area (Å²) in [5.74, 6) is -0.318. The SMILES string of the molecule is CCCn1nc(C(=O)NNc2nc3ccccc3c(=O)n2CC)ccc1=O. The molecule has 0 aliphatic carbocycles. The molecule has 9 heteroatoms. The Bertz CT molecular complexity index is 1100. The Kier molecular flexibility index (Phi) is 5.30. The smallest absolute Gasteiger partial charge is 0.277 e. The van der Waals surface area contributed by atoms with Crippen LogP contribution in [0, 0.1) is 0 Å². The zero-order valence-corrected chi connectivity index (χ0v) is 15.1. The van der Waals surface area contributed by atoms with Crippen LogP contribution in [0.5, 0.6) is 0 Å². The molecule has 0 aliphatic heterocycles. The third-order valence-electron chi connectivity index (χ3n) is 4.00. The van der Waals surface area contributed by atoms with Crippen molar-refractivity contribution in [2.45, 2.75) is 33.4 Å². The van der Waals surface area contributed by atoms with Crippen molar-refractivity contribution >= 4 is 22.8 Å². The summed E-state index contributed by atoms with van der Waals surface area (Å²) >= 11 is 0. The van der Waals surface area contributed by atoms with Gasteiger partial charge in [0.15, 0.2) is 5.69 Å². The van der Waals surface area contributed by atoms with Crippen molar-refractivity contribution in [2.24, 2.45) is 0 Å². The van der Waals surface area contributed by atoms with Crippen molar-refractivity contribution in [1.29, 1.82) is 0 Å². The fourth-order valence-electron chi connectivity index (χ4n) is 2.68. The van der Waals surface area contributed by atoms with Crippen LogP contribution in [-0.4, -0.2) is 25.2 Å². The molecule has 0 aliphatic rings. The van der Waals surface area contributed by atoms with Crippen molar-refractivity contribution in [1.82, 2.24) is 24.8 Å². The molecule has 27 heavy (non-hydrogen) atoms. The lowest BCUT2D eigenvalue weighted by molar-refractivity contribution is 0.0954. The van der Waals surface area contributed by atoms with Gasteiger partial charge in [0.25, 0.3) is 17.0 Å². The molecular formula is C18H20N6O3. The Labute approximate surface area is 154 Å². The molecule has 140 valence electrons. The van der Waals surface area contributed by atoms with Crippen LogP contribution in [0.2, 0.25) is 0 Å². The maximum absolute atomic E-state index is 12.6. The minimum Gasteiger partial charge on any atom is -0.277 e. The number of rotatable bonds is 6. The fraction of sp³-hybridized carbons (Fsp3) is 0.278. The lowest BCUT2D eigenvalue weighted by Gasteiger charge is -2.14. The first-order chi connectivity index (χ1) is 13.0. The second-order valence-electron chi connectivity index (χ2n) is 5.86. The number of nitrogens with zero attached hydrogens (tertiary/aromatic N) is 4. The lowest BCUT2D eigenvalue weighted by Crippen LogP contribution is -2.36. The van der Waals surface area contributed by atoms with Crippen LogP contribution in [0.15, 0.2) is 46.0 Å². The fourth-order valence-corrected chi connectivity index (χ4v) is 2.68. The predicted molar refractivity (Wildman–Crippen MR) is 102 cm³/mol. The molecule has 2 heterocycles. The topological polar surface area (TPSA) is 111 Å². The van der Waals surface area contributed by atoms with Gasteiger partial charge in [0.2, 0.25) is 5.95 Å². The Balaban J connectivity index is 1.86. The van der Waals surface area contributed by atoms with Crippen molar-refractivity contribution in [2.75, 3.05) is 5.43 Å². The van der Waals surface area contributed by atoms with Gasteiger partial charge in [0, 0.05) is 19.2 Å². The molecule has 0 bridgehead atoms. The summed E-state index contributed by atoms with van der Waals surface area (Å²) in [5.41, 5.74) is 5.31. The monoisotopic (exact) mass is 368 g/mol. The first kappa shape index (κ1) is 18.3. The molecule has 2 N–H and O–H groups in total. The number of nitrogens with one attached hydrogen (secondary N) is 2. The lowest BCUT2D eigenvalue weighted by atomic mass is 10.2. The van der Waals surface area contributed by atoms with E-state index in [1.807, 2.05) is 13.8 Å². The number of carbonyl (C=O) groups excluding carboxylic acids is 1. The van der Waals surface area contributed by atoms with E-state index >= 15 is 0 Å². The van der Waals surface area contributed by atoms with E-state index in [0.717, 1.165) is 6.42 Å². The number of amides is 1. The third-order valence-corrected chi connectivity index (χ3v) is 4.00. The predicted octanol–water partition coefficient (Wildman–Crippen LogP) is 1.14. The molecule has 2 aromatic heterocycles. The number of hydrazine groups is 1. The molecule has 0 saturated heterocycles. The van der Waals surface area contributed by atoms with Crippen molar-refractivity contribution < 1.29 is 4.79 Å². The Morgan fingerprint density at radius 2 is 1.89 bits per heavy atom. The molecule has 0 radical (unpaired) electrons. The minimum absolute atomic E-state index is 0.0849. The summed E-state index contributed by atoms with van der Waals surface area (Å²) in [6, 6.07) is 9.65. The summed E-state index contributed by atoms with van der Waals surface area (Å²) in [5, 5.41) is 4.55. The largest absolute Gasteiger partial charge is 0.290 e. The number of fused-ring (bicyclic) bond motifs is 1. The summed E-state index contributed by atoms with van der Waals surface area (Å²) in [6.07, 6.45) is 0.722. The number of benzene rings is 1. The number of anilines is 1. The molecule has 0 saturated carbocycles. The summed E-state index contributed by atoms with van der Waals surface area (Å²) in [6.45, 7) is 4.54. The van der Waals surface area contributed by atoms with Crippen LogP contribution in [0.1, 0.15) is 30.8 Å². The van der Waals surface area contributed by atoms with Crippen molar-refractivity contribution in [3.05, 3.63) is 62.8 Å². The summed E-state index contributed by atoms with van der Waals surface area (Å²) in [4.78, 5) is 41.0. The molecule has 1 amide bonds. The molecular weight excluding hydrogens is 348 g/mol. The van der Waals surface area contributed by atoms with E-state index in [-0.39, 0.29) is 22.8 Å². The molecule has 0 fully saturated rings. The number of aromatic nitrogens is 4. The van der Waals surface area contributed by atoms with Crippen LogP contribution >= 0.6 is 0 Å². The van der Waals surface area contributed by atoms with Gasteiger partial charge < -0.3 is 0 Å². The Hall–Kier alpha value is -3.49. The first-order valence-electron chi connectivity index (χ1n) is 8.69. The average Bonchev–Trinajstić information content (AvgIpc) is 2.68. The van der Waals surface area contributed by atoms with Crippen LogP contribution in [0.25, 0.3) is 10.9 Å². The van der Waals surface area contributed by atoms with E-state index in [1.54, 1.807) is 24.3 Å². The molecule has 0 atom stereocenters. The number of carbonyl (C=O) groups is 1. The molecule has 9 nitrogen and oxygen atoms in total.